The van der Waals surface area contributed by atoms with E-state index in [0.717, 1.165) is 97.2 Å². The molecule has 9 rings (SSSR count). The number of rotatable bonds is 8. The second-order valence-corrected chi connectivity index (χ2v) is 24.6. The summed E-state index contributed by atoms with van der Waals surface area (Å²) in [6.45, 7) is 65.1. The first-order valence-corrected chi connectivity index (χ1v) is 32.0. The van der Waals surface area contributed by atoms with Gasteiger partial charge in [0.1, 0.15) is 29.4 Å². The lowest BCUT2D eigenvalue weighted by Gasteiger charge is -2.44. The normalized spacial score (nSPS) is 20.0. The average Bonchev–Trinajstić information content (AvgIpc) is 4.22. The maximum atomic E-state index is 6.10. The summed E-state index contributed by atoms with van der Waals surface area (Å²) in [6.07, 6.45) is 8.37. The Morgan fingerprint density at radius 2 is 0.963 bits per heavy atom. The quantitative estimate of drug-likeness (QED) is 0.166. The van der Waals surface area contributed by atoms with Crippen LogP contribution in [0.4, 0.5) is 0 Å². The van der Waals surface area contributed by atoms with Crippen LogP contribution in [0, 0.1) is 51.4 Å². The van der Waals surface area contributed by atoms with Crippen LogP contribution in [0.3, 0.4) is 0 Å². The van der Waals surface area contributed by atoms with E-state index in [2.05, 4.69) is 189 Å². The van der Waals surface area contributed by atoms with Gasteiger partial charge in [-0.25, -0.2) is 39.9 Å². The van der Waals surface area contributed by atoms with Crippen molar-refractivity contribution in [3.8, 4) is 0 Å². The minimum absolute atomic E-state index is 0.140. The van der Waals surface area contributed by atoms with Crippen molar-refractivity contribution >= 4 is 6.08 Å². The van der Waals surface area contributed by atoms with E-state index < -0.39 is 5.79 Å². The molecule has 81 heavy (non-hydrogen) atoms. The summed E-state index contributed by atoms with van der Waals surface area (Å²) in [5.41, 5.74) is 14.5. The Morgan fingerprint density at radius 1 is 0.519 bits per heavy atom. The van der Waals surface area contributed by atoms with E-state index in [9.17, 15) is 0 Å². The highest BCUT2D eigenvalue weighted by Gasteiger charge is 2.45. The van der Waals surface area contributed by atoms with Crippen molar-refractivity contribution in [3.05, 3.63) is 97.2 Å². The first kappa shape index (κ1) is 73.0. The Balaban J connectivity index is 0.000000356. The van der Waals surface area contributed by atoms with Gasteiger partial charge < -0.3 is 14.2 Å². The fourth-order valence-corrected chi connectivity index (χ4v) is 10.9. The fourth-order valence-electron chi connectivity index (χ4n) is 10.9. The van der Waals surface area contributed by atoms with Crippen LogP contribution >= 0.6 is 0 Å². The predicted octanol–water partition coefficient (Wildman–Crippen LogP) is 18.3. The van der Waals surface area contributed by atoms with Crippen LogP contribution in [0.2, 0.25) is 0 Å². The first-order valence-electron chi connectivity index (χ1n) is 32.0. The Kier molecular flexibility index (Phi) is 30.1. The van der Waals surface area contributed by atoms with E-state index in [1.165, 1.54) is 39.3 Å². The number of aromatic nitrogens is 8. The van der Waals surface area contributed by atoms with Crippen LogP contribution in [0.25, 0.3) is 6.08 Å². The molecule has 0 saturated carbocycles. The molecule has 0 amide bonds. The van der Waals surface area contributed by atoms with Gasteiger partial charge in [-0.2, -0.15) is 0 Å². The molecule has 4 aromatic rings. The SMILES string of the molecule is CC.CC.CC.CC.Cc1nc(C(C)C)nc2c1C=CCC2(C)C(C)C.Cc1nc(C(C)C)nc2c1CC1(CC2C(C)C)OCCCO1.Cc1nc(C(C)C)nc2c1CN(C)C2C(C)C.Cc1nc(C(C)C)nc2c1COC2C(C)C. The van der Waals surface area contributed by atoms with E-state index in [1.54, 1.807) is 0 Å². The van der Waals surface area contributed by atoms with Crippen molar-refractivity contribution in [1.82, 2.24) is 44.8 Å². The second-order valence-electron chi connectivity index (χ2n) is 24.6. The molecule has 1 saturated heterocycles. The molecule has 12 heteroatoms. The topological polar surface area (TPSA) is 134 Å². The van der Waals surface area contributed by atoms with Gasteiger partial charge in [-0.05, 0) is 71.3 Å². The number of aryl methyl sites for hydroxylation is 4. The summed E-state index contributed by atoms with van der Waals surface area (Å²) >= 11 is 0. The van der Waals surface area contributed by atoms with Gasteiger partial charge in [0.05, 0.1) is 48.6 Å². The Morgan fingerprint density at radius 3 is 1.42 bits per heavy atom. The summed E-state index contributed by atoms with van der Waals surface area (Å²) in [5.74, 6) is 7.46. The third-order valence-corrected chi connectivity index (χ3v) is 15.9. The minimum Gasteiger partial charge on any atom is -0.367 e. The maximum Gasteiger partial charge on any atom is 0.173 e. The van der Waals surface area contributed by atoms with Gasteiger partial charge in [0.2, 0.25) is 0 Å². The molecule has 4 aromatic heterocycles. The summed E-state index contributed by atoms with van der Waals surface area (Å²) in [7, 11) is 2.18. The summed E-state index contributed by atoms with van der Waals surface area (Å²) in [6, 6.07) is 0.448. The fraction of sp³-hybridized carbons (Fsp3) is 0.739. The molecule has 4 atom stereocenters. The maximum absolute atomic E-state index is 6.10. The van der Waals surface area contributed by atoms with E-state index in [1.807, 2.05) is 55.4 Å². The highest BCUT2D eigenvalue weighted by atomic mass is 16.7. The van der Waals surface area contributed by atoms with E-state index in [0.29, 0.717) is 65.9 Å². The molecular formula is C69H119N9O3. The molecule has 0 bridgehead atoms. The molecule has 0 aromatic carbocycles. The third-order valence-electron chi connectivity index (χ3n) is 15.9. The van der Waals surface area contributed by atoms with Gasteiger partial charge in [0.15, 0.2) is 5.79 Å². The van der Waals surface area contributed by atoms with Crippen molar-refractivity contribution in [1.29, 1.82) is 0 Å². The van der Waals surface area contributed by atoms with Crippen molar-refractivity contribution in [2.24, 2.45) is 23.7 Å². The number of hydrogen-bond donors (Lipinski definition) is 0. The first-order chi connectivity index (χ1) is 38.2. The van der Waals surface area contributed by atoms with Gasteiger partial charge in [-0.3, -0.25) is 4.90 Å². The molecular weight excluding hydrogens is 1000 g/mol. The van der Waals surface area contributed by atoms with Crippen LogP contribution in [-0.4, -0.2) is 70.8 Å². The monoisotopic (exact) mass is 1120 g/mol. The van der Waals surface area contributed by atoms with Crippen molar-refractivity contribution in [2.45, 2.75) is 293 Å². The van der Waals surface area contributed by atoms with Gasteiger partial charge >= 0.3 is 0 Å². The molecule has 1 spiro atoms. The lowest BCUT2D eigenvalue weighted by Crippen LogP contribution is -2.47. The Hall–Kier alpha value is -4.10. The molecule has 0 radical (unpaired) electrons. The van der Waals surface area contributed by atoms with Gasteiger partial charge in [-0.15, -0.1) is 0 Å². The highest BCUT2D eigenvalue weighted by molar-refractivity contribution is 5.59. The van der Waals surface area contributed by atoms with Crippen molar-refractivity contribution in [3.63, 3.8) is 0 Å². The molecule has 0 N–H and O–H groups in total. The molecule has 5 aliphatic rings. The van der Waals surface area contributed by atoms with Crippen LogP contribution < -0.4 is 0 Å². The Bertz CT molecular complexity index is 2560. The standard InChI is InChI=1S/C18H28N2O2.C16H24N2.C14H23N3.C13H20N2O.4C2H6/c1-11(2)14-9-18(21-7-6-8-22-18)10-15-13(5)19-17(12(3)4)20-16(14)15;1-10(2)15-17-12(5)13-8-7-9-16(6,11(3)4)14(13)18-15;1-8(2)13-12-11(7-17(13)6)10(5)15-14(16-12)9(3)4;1-7(2)12-11-10(6-16-12)9(5)14-13(15-11)8(3)4;4*1-2/h11-12,14H,6-10H2,1-5H3;7-8,10-11H,9H2,1-6H3;8-9,13H,7H2,1-6H3;7-8,12H,6H2,1-5H3;4*1-2H3. The third kappa shape index (κ3) is 18.0. The second kappa shape index (κ2) is 33.4. The number of allylic oxidation sites excluding steroid dienone is 1. The van der Waals surface area contributed by atoms with E-state index >= 15 is 0 Å². The molecule has 2 aliphatic carbocycles. The lowest BCUT2D eigenvalue weighted by molar-refractivity contribution is -0.275. The summed E-state index contributed by atoms with van der Waals surface area (Å²) in [5, 5.41) is 0. The van der Waals surface area contributed by atoms with Gasteiger partial charge in [0, 0.05) is 99.4 Å². The summed E-state index contributed by atoms with van der Waals surface area (Å²) < 4.78 is 18.0. The average molecular weight is 1120 g/mol. The van der Waals surface area contributed by atoms with Crippen LogP contribution in [0.1, 0.15) is 325 Å². The largest absolute Gasteiger partial charge is 0.367 e. The predicted molar refractivity (Wildman–Crippen MR) is 341 cm³/mol. The molecule has 12 nitrogen and oxygen atoms in total. The van der Waals surface area contributed by atoms with Crippen LogP contribution in [-0.2, 0) is 39.2 Å². The minimum atomic E-state index is -0.451. The van der Waals surface area contributed by atoms with E-state index in [4.69, 9.17) is 34.1 Å². The van der Waals surface area contributed by atoms with Crippen LogP contribution in [0.5, 0.6) is 0 Å². The smallest absolute Gasteiger partial charge is 0.173 e. The molecule has 3 aliphatic heterocycles. The zero-order chi connectivity index (χ0) is 62.0. The lowest BCUT2D eigenvalue weighted by atomic mass is 9.69. The number of ether oxygens (including phenoxy) is 3. The molecule has 7 heterocycles. The van der Waals surface area contributed by atoms with Crippen molar-refractivity contribution in [2.75, 3.05) is 20.3 Å². The number of fused-ring (bicyclic) bond motifs is 4. The zero-order valence-corrected chi connectivity index (χ0v) is 57.4. The zero-order valence-electron chi connectivity index (χ0n) is 57.4. The molecule has 458 valence electrons. The molecule has 4 unspecified atom stereocenters. The number of hydrogen-bond acceptors (Lipinski definition) is 12. The number of nitrogens with zero attached hydrogens (tertiary/aromatic N) is 9. The molecule has 1 fully saturated rings. The van der Waals surface area contributed by atoms with Gasteiger partial charge in [-0.1, -0.05) is 185 Å². The van der Waals surface area contributed by atoms with Crippen molar-refractivity contribution < 1.29 is 14.2 Å². The Labute approximate surface area is 496 Å². The van der Waals surface area contributed by atoms with E-state index in [-0.39, 0.29) is 11.5 Å². The van der Waals surface area contributed by atoms with Gasteiger partial charge in [0.25, 0.3) is 0 Å². The summed E-state index contributed by atoms with van der Waals surface area (Å²) in [4.78, 5) is 40.3. The highest BCUT2D eigenvalue weighted by Crippen LogP contribution is 2.46. The van der Waals surface area contributed by atoms with Crippen LogP contribution in [0.15, 0.2) is 6.08 Å².